The van der Waals surface area contributed by atoms with Crippen LogP contribution < -0.4 is 0 Å². The van der Waals surface area contributed by atoms with E-state index in [1.165, 1.54) is 43.0 Å². The molecule has 14 heavy (non-hydrogen) atoms. The van der Waals surface area contributed by atoms with Crippen molar-refractivity contribution in [2.75, 3.05) is 5.75 Å². The molecule has 1 N–H and O–H groups in total. The van der Waals surface area contributed by atoms with E-state index >= 15 is 0 Å². The summed E-state index contributed by atoms with van der Waals surface area (Å²) in [6.07, 6.45) is 8.71. The Morgan fingerprint density at radius 2 is 1.64 bits per heavy atom. The van der Waals surface area contributed by atoms with E-state index < -0.39 is 5.97 Å². The van der Waals surface area contributed by atoms with E-state index in [2.05, 4.69) is 19.6 Å². The SMILES string of the molecule is CCCCCCC[CH2][Sn+3].O=C(O)CS. The third-order valence-electron chi connectivity index (χ3n) is 1.67. The van der Waals surface area contributed by atoms with Gasteiger partial charge in [0, 0.05) is 0 Å². The molecule has 0 aliphatic heterocycles. The molecule has 2 nitrogen and oxygen atoms in total. The Kier molecular flexibility index (Phi) is 19.5. The van der Waals surface area contributed by atoms with Crippen LogP contribution in [0, 0.1) is 0 Å². The average Bonchev–Trinajstić information content (AvgIpc) is 2.19. The number of rotatable bonds is 7. The van der Waals surface area contributed by atoms with E-state index in [0.29, 0.717) is 0 Å². The summed E-state index contributed by atoms with van der Waals surface area (Å²) >= 11 is 5.13. The standard InChI is InChI=1S/C8H17.C2H4O2S.Sn/c1-3-5-7-8-6-4-2;3-2(4)1-5;/h1,3-8H2,2H3;5H,1H2,(H,3,4);/q;;+3. The first kappa shape index (κ1) is 17.0. The molecule has 80 valence electrons. The van der Waals surface area contributed by atoms with Crippen molar-refractivity contribution in [2.24, 2.45) is 0 Å². The maximum absolute atomic E-state index is 9.29. The Bertz CT molecular complexity index is 115. The third-order valence-corrected chi connectivity index (χ3v) is 2.95. The smallest absolute Gasteiger partial charge is 0.313 e. The van der Waals surface area contributed by atoms with Crippen LogP contribution in [0.15, 0.2) is 0 Å². The van der Waals surface area contributed by atoms with Crippen molar-refractivity contribution in [2.45, 2.75) is 49.9 Å². The van der Waals surface area contributed by atoms with Gasteiger partial charge in [0.1, 0.15) is 0 Å². The van der Waals surface area contributed by atoms with Crippen LogP contribution in [0.25, 0.3) is 0 Å². The van der Waals surface area contributed by atoms with E-state index in [0.717, 1.165) is 0 Å². The maximum Gasteiger partial charge on any atom is 0.313 e. The third kappa shape index (κ3) is 22.9. The molecule has 0 saturated carbocycles. The van der Waals surface area contributed by atoms with Gasteiger partial charge in [0.2, 0.25) is 0 Å². The van der Waals surface area contributed by atoms with Crippen LogP contribution >= 0.6 is 12.6 Å². The summed E-state index contributed by atoms with van der Waals surface area (Å²) < 4.78 is 1.46. The van der Waals surface area contributed by atoms with Gasteiger partial charge in [-0.1, -0.05) is 0 Å². The van der Waals surface area contributed by atoms with Crippen molar-refractivity contribution in [3.63, 3.8) is 0 Å². The summed E-state index contributed by atoms with van der Waals surface area (Å²) in [6.45, 7) is 2.27. The zero-order chi connectivity index (χ0) is 11.2. The zero-order valence-corrected chi connectivity index (χ0v) is 12.7. The molecule has 0 atom stereocenters. The summed E-state index contributed by atoms with van der Waals surface area (Å²) in [5, 5.41) is 7.65. The molecule has 0 bridgehead atoms. The van der Waals surface area contributed by atoms with Crippen molar-refractivity contribution in [3.05, 3.63) is 0 Å². The number of thiol groups is 1. The number of unbranched alkanes of at least 4 members (excludes halogenated alkanes) is 5. The number of hydrogen-bond donors (Lipinski definition) is 2. The summed E-state index contributed by atoms with van der Waals surface area (Å²) in [4.78, 5) is 9.29. The largest absolute Gasteiger partial charge is 0.481 e. The van der Waals surface area contributed by atoms with Gasteiger partial charge in [0.25, 0.3) is 0 Å². The number of carboxylic acid groups (broad SMARTS) is 1. The van der Waals surface area contributed by atoms with E-state index in [1.54, 1.807) is 22.5 Å². The first-order chi connectivity index (χ1) is 6.68. The summed E-state index contributed by atoms with van der Waals surface area (Å²) in [5.74, 6) is -0.965. The molecular weight excluding hydrogens is 303 g/mol. The monoisotopic (exact) mass is 325 g/mol. The van der Waals surface area contributed by atoms with Crippen LogP contribution in [0.2, 0.25) is 4.44 Å². The maximum atomic E-state index is 9.29. The minimum atomic E-state index is -0.881. The van der Waals surface area contributed by atoms with Crippen molar-refractivity contribution in [3.8, 4) is 0 Å². The number of aliphatic carboxylic acids is 1. The van der Waals surface area contributed by atoms with Gasteiger partial charge >= 0.3 is 78.4 Å². The van der Waals surface area contributed by atoms with Crippen LogP contribution in [0.3, 0.4) is 0 Å². The normalized spacial score (nSPS) is 9.14. The van der Waals surface area contributed by atoms with E-state index in [4.69, 9.17) is 5.11 Å². The van der Waals surface area contributed by atoms with Crippen LogP contribution in [-0.2, 0) is 4.79 Å². The molecule has 0 radical (unpaired) electrons. The molecule has 0 aliphatic rings. The van der Waals surface area contributed by atoms with Gasteiger partial charge in [-0.15, -0.1) is 0 Å². The molecule has 0 heterocycles. The van der Waals surface area contributed by atoms with Crippen LogP contribution in [0.5, 0.6) is 0 Å². The van der Waals surface area contributed by atoms with E-state index in [-0.39, 0.29) is 5.75 Å². The second-order valence-electron chi connectivity index (χ2n) is 3.07. The fourth-order valence-electron chi connectivity index (χ4n) is 0.905. The van der Waals surface area contributed by atoms with Gasteiger partial charge in [-0.05, 0) is 0 Å². The second kappa shape index (κ2) is 16.1. The van der Waals surface area contributed by atoms with Crippen molar-refractivity contribution in [1.82, 2.24) is 0 Å². The van der Waals surface area contributed by atoms with Crippen molar-refractivity contribution >= 4 is 41.1 Å². The predicted octanol–water partition coefficient (Wildman–Crippen LogP) is 2.93. The van der Waals surface area contributed by atoms with Crippen LogP contribution in [0.1, 0.15) is 45.4 Å². The molecule has 0 saturated heterocycles. The van der Waals surface area contributed by atoms with Gasteiger partial charge < -0.3 is 5.11 Å². The van der Waals surface area contributed by atoms with Gasteiger partial charge in [-0.2, -0.15) is 12.6 Å². The number of hydrogen-bond acceptors (Lipinski definition) is 2. The Balaban J connectivity index is 0. The van der Waals surface area contributed by atoms with E-state index in [9.17, 15) is 4.79 Å². The molecule has 0 rings (SSSR count). The van der Waals surface area contributed by atoms with Gasteiger partial charge in [-0.25, -0.2) is 0 Å². The molecule has 0 aliphatic carbocycles. The Hall–Kier alpha value is 0.619. The average molecular weight is 324 g/mol. The predicted molar refractivity (Wildman–Crippen MR) is 65.4 cm³/mol. The van der Waals surface area contributed by atoms with Gasteiger partial charge in [0.15, 0.2) is 0 Å². The van der Waals surface area contributed by atoms with Crippen LogP contribution in [-0.4, -0.2) is 39.4 Å². The Morgan fingerprint density at radius 3 is 2.00 bits per heavy atom. The minimum absolute atomic E-state index is 0.0833. The van der Waals surface area contributed by atoms with Gasteiger partial charge in [0.05, 0.1) is 5.75 Å². The van der Waals surface area contributed by atoms with Crippen molar-refractivity contribution < 1.29 is 9.90 Å². The molecular formula is C10H21O2SSn+3. The second-order valence-corrected chi connectivity index (χ2v) is 4.81. The molecule has 0 aromatic heterocycles. The first-order valence-corrected chi connectivity index (χ1v) is 7.81. The van der Waals surface area contributed by atoms with Crippen molar-refractivity contribution in [1.29, 1.82) is 0 Å². The number of carbonyl (C=O) groups is 1. The first-order valence-electron chi connectivity index (χ1n) is 5.16. The molecule has 0 aromatic carbocycles. The zero-order valence-electron chi connectivity index (χ0n) is 8.96. The molecule has 4 heteroatoms. The molecule has 0 aromatic rings. The van der Waals surface area contributed by atoms with E-state index in [1.807, 2.05) is 0 Å². The molecule has 0 unspecified atom stereocenters. The molecule has 0 amide bonds. The number of carboxylic acids is 1. The Labute approximate surface area is 106 Å². The summed E-state index contributed by atoms with van der Waals surface area (Å²) in [7, 11) is 0. The van der Waals surface area contributed by atoms with Crippen LogP contribution in [0.4, 0.5) is 0 Å². The molecule has 0 spiro atoms. The fourth-order valence-corrected chi connectivity index (χ4v) is 1.62. The molecule has 0 fully saturated rings. The summed E-state index contributed by atoms with van der Waals surface area (Å²) in [5.41, 5.74) is 0. The fraction of sp³-hybridized carbons (Fsp3) is 0.900. The van der Waals surface area contributed by atoms with Gasteiger partial charge in [-0.3, -0.25) is 4.79 Å². The summed E-state index contributed by atoms with van der Waals surface area (Å²) in [6, 6.07) is 0. The topological polar surface area (TPSA) is 37.3 Å². The quantitative estimate of drug-likeness (QED) is 0.429. The minimum Gasteiger partial charge on any atom is -0.481 e. The Morgan fingerprint density at radius 1 is 1.21 bits per heavy atom.